The minimum absolute atomic E-state index is 0.0419. The molecule has 0 aromatic heterocycles. The van der Waals surface area contributed by atoms with Gasteiger partial charge in [-0.25, -0.2) is 0 Å². The van der Waals surface area contributed by atoms with Crippen molar-refractivity contribution in [3.8, 4) is 0 Å². The molecule has 0 spiro atoms. The second-order valence-electron chi connectivity index (χ2n) is 5.19. The standard InChI is InChI=1S/C15H28O3/c1-2-10-15(16)17-12-9-7-5-3-4-6-8-11-14-13-18-14/h14H,2-13H2,1H3. The first kappa shape index (κ1) is 15.5. The van der Waals surface area contributed by atoms with E-state index in [4.69, 9.17) is 9.47 Å². The molecule has 1 saturated heterocycles. The lowest BCUT2D eigenvalue weighted by Gasteiger charge is -2.04. The van der Waals surface area contributed by atoms with Gasteiger partial charge in [-0.1, -0.05) is 45.4 Å². The first-order valence-corrected chi connectivity index (χ1v) is 7.60. The van der Waals surface area contributed by atoms with E-state index in [0.29, 0.717) is 19.1 Å². The summed E-state index contributed by atoms with van der Waals surface area (Å²) in [6.07, 6.45) is 12.1. The van der Waals surface area contributed by atoms with Gasteiger partial charge >= 0.3 is 5.97 Å². The van der Waals surface area contributed by atoms with E-state index in [9.17, 15) is 4.79 Å². The molecule has 1 fully saturated rings. The topological polar surface area (TPSA) is 38.8 Å². The minimum atomic E-state index is -0.0419. The fourth-order valence-electron chi connectivity index (χ4n) is 2.05. The molecule has 0 aromatic carbocycles. The third kappa shape index (κ3) is 9.46. The molecule has 0 N–H and O–H groups in total. The Kier molecular flexibility index (Phi) is 8.92. The summed E-state index contributed by atoms with van der Waals surface area (Å²) in [6.45, 7) is 3.60. The van der Waals surface area contributed by atoms with Crippen LogP contribution in [0.3, 0.4) is 0 Å². The van der Waals surface area contributed by atoms with Gasteiger partial charge in [-0.15, -0.1) is 0 Å². The van der Waals surface area contributed by atoms with Crippen LogP contribution in [0.25, 0.3) is 0 Å². The molecule has 18 heavy (non-hydrogen) atoms. The zero-order chi connectivity index (χ0) is 13.1. The normalized spacial score (nSPS) is 17.7. The summed E-state index contributed by atoms with van der Waals surface area (Å²) in [5, 5.41) is 0. The predicted molar refractivity (Wildman–Crippen MR) is 72.5 cm³/mol. The Labute approximate surface area is 111 Å². The van der Waals surface area contributed by atoms with Crippen molar-refractivity contribution in [2.24, 2.45) is 0 Å². The van der Waals surface area contributed by atoms with Crippen molar-refractivity contribution in [1.29, 1.82) is 0 Å². The van der Waals surface area contributed by atoms with Gasteiger partial charge in [0.05, 0.1) is 19.3 Å². The molecule has 0 radical (unpaired) electrons. The molecule has 1 heterocycles. The Bertz CT molecular complexity index is 212. The predicted octanol–water partition coefficient (Wildman–Crippen LogP) is 3.85. The van der Waals surface area contributed by atoms with E-state index in [-0.39, 0.29) is 5.97 Å². The van der Waals surface area contributed by atoms with Gasteiger partial charge in [0.15, 0.2) is 0 Å². The minimum Gasteiger partial charge on any atom is -0.466 e. The SMILES string of the molecule is CCCC(=O)OCCCCCCCCCC1CO1. The first-order chi connectivity index (χ1) is 8.83. The number of epoxide rings is 1. The highest BCUT2D eigenvalue weighted by Gasteiger charge is 2.20. The molecule has 0 aliphatic carbocycles. The Morgan fingerprint density at radius 1 is 1.11 bits per heavy atom. The molecule has 3 nitrogen and oxygen atoms in total. The lowest BCUT2D eigenvalue weighted by Crippen LogP contribution is -2.04. The zero-order valence-corrected chi connectivity index (χ0v) is 11.8. The molecular weight excluding hydrogens is 228 g/mol. The van der Waals surface area contributed by atoms with E-state index in [1.807, 2.05) is 6.92 Å². The van der Waals surface area contributed by atoms with Crippen LogP contribution in [0.2, 0.25) is 0 Å². The van der Waals surface area contributed by atoms with Crippen LogP contribution >= 0.6 is 0 Å². The fraction of sp³-hybridized carbons (Fsp3) is 0.933. The second kappa shape index (κ2) is 10.4. The van der Waals surface area contributed by atoms with Crippen LogP contribution in [0.15, 0.2) is 0 Å². The summed E-state index contributed by atoms with van der Waals surface area (Å²) >= 11 is 0. The molecule has 1 atom stereocenters. The zero-order valence-electron chi connectivity index (χ0n) is 11.8. The Morgan fingerprint density at radius 2 is 1.72 bits per heavy atom. The number of hydrogen-bond acceptors (Lipinski definition) is 3. The molecule has 1 aliphatic rings. The van der Waals surface area contributed by atoms with E-state index in [1.165, 1.54) is 44.9 Å². The monoisotopic (exact) mass is 256 g/mol. The molecule has 1 unspecified atom stereocenters. The van der Waals surface area contributed by atoms with Crippen molar-refractivity contribution >= 4 is 5.97 Å². The van der Waals surface area contributed by atoms with E-state index in [2.05, 4.69) is 0 Å². The average Bonchev–Trinajstić information content (AvgIpc) is 3.16. The third-order valence-corrected chi connectivity index (χ3v) is 3.29. The highest BCUT2D eigenvalue weighted by molar-refractivity contribution is 5.69. The van der Waals surface area contributed by atoms with Crippen molar-refractivity contribution in [1.82, 2.24) is 0 Å². The maximum absolute atomic E-state index is 11.1. The van der Waals surface area contributed by atoms with Crippen LogP contribution < -0.4 is 0 Å². The number of carbonyl (C=O) groups is 1. The van der Waals surface area contributed by atoms with Crippen LogP contribution in [0.1, 0.15) is 71.1 Å². The van der Waals surface area contributed by atoms with Crippen molar-refractivity contribution in [3.63, 3.8) is 0 Å². The molecule has 0 aromatic rings. The summed E-state index contributed by atoms with van der Waals surface area (Å²) in [5.74, 6) is -0.0419. The van der Waals surface area contributed by atoms with Gasteiger partial charge < -0.3 is 9.47 Å². The van der Waals surface area contributed by atoms with Gasteiger partial charge in [0.2, 0.25) is 0 Å². The van der Waals surface area contributed by atoms with Crippen molar-refractivity contribution in [2.45, 2.75) is 77.2 Å². The van der Waals surface area contributed by atoms with Crippen molar-refractivity contribution in [2.75, 3.05) is 13.2 Å². The lowest BCUT2D eigenvalue weighted by atomic mass is 10.1. The van der Waals surface area contributed by atoms with E-state index in [1.54, 1.807) is 0 Å². The molecule has 106 valence electrons. The van der Waals surface area contributed by atoms with Crippen LogP contribution in [-0.2, 0) is 14.3 Å². The Hall–Kier alpha value is -0.570. The van der Waals surface area contributed by atoms with Crippen LogP contribution in [0.4, 0.5) is 0 Å². The smallest absolute Gasteiger partial charge is 0.305 e. The number of hydrogen-bond donors (Lipinski definition) is 0. The number of unbranched alkanes of at least 4 members (excludes halogenated alkanes) is 6. The number of esters is 1. The van der Waals surface area contributed by atoms with Gasteiger partial charge in [0.25, 0.3) is 0 Å². The number of ether oxygens (including phenoxy) is 2. The third-order valence-electron chi connectivity index (χ3n) is 3.29. The Balaban J connectivity index is 1.68. The van der Waals surface area contributed by atoms with Crippen molar-refractivity contribution in [3.05, 3.63) is 0 Å². The lowest BCUT2D eigenvalue weighted by molar-refractivity contribution is -0.143. The van der Waals surface area contributed by atoms with E-state index < -0.39 is 0 Å². The second-order valence-corrected chi connectivity index (χ2v) is 5.19. The van der Waals surface area contributed by atoms with Crippen LogP contribution in [0.5, 0.6) is 0 Å². The highest BCUT2D eigenvalue weighted by atomic mass is 16.6. The first-order valence-electron chi connectivity index (χ1n) is 7.60. The fourth-order valence-corrected chi connectivity index (χ4v) is 2.05. The highest BCUT2D eigenvalue weighted by Crippen LogP contribution is 2.18. The van der Waals surface area contributed by atoms with Crippen LogP contribution in [0, 0.1) is 0 Å². The maximum atomic E-state index is 11.1. The number of carbonyl (C=O) groups excluding carboxylic acids is 1. The molecule has 1 aliphatic heterocycles. The molecule has 0 saturated carbocycles. The van der Waals surface area contributed by atoms with Gasteiger partial charge in [0.1, 0.15) is 0 Å². The van der Waals surface area contributed by atoms with Gasteiger partial charge in [-0.05, 0) is 19.3 Å². The molecule has 1 rings (SSSR count). The summed E-state index contributed by atoms with van der Waals surface area (Å²) in [4.78, 5) is 11.1. The van der Waals surface area contributed by atoms with Gasteiger partial charge in [0, 0.05) is 6.42 Å². The average molecular weight is 256 g/mol. The molecule has 0 bridgehead atoms. The summed E-state index contributed by atoms with van der Waals surface area (Å²) in [7, 11) is 0. The van der Waals surface area contributed by atoms with Crippen molar-refractivity contribution < 1.29 is 14.3 Å². The number of rotatable bonds is 12. The quantitative estimate of drug-likeness (QED) is 0.302. The molecular formula is C15H28O3. The Morgan fingerprint density at radius 3 is 2.33 bits per heavy atom. The van der Waals surface area contributed by atoms with E-state index in [0.717, 1.165) is 19.4 Å². The van der Waals surface area contributed by atoms with E-state index >= 15 is 0 Å². The maximum Gasteiger partial charge on any atom is 0.305 e. The largest absolute Gasteiger partial charge is 0.466 e. The van der Waals surface area contributed by atoms with Crippen LogP contribution in [-0.4, -0.2) is 25.3 Å². The molecule has 3 heteroatoms. The summed E-state index contributed by atoms with van der Waals surface area (Å²) in [6, 6.07) is 0. The van der Waals surface area contributed by atoms with Gasteiger partial charge in [-0.3, -0.25) is 4.79 Å². The van der Waals surface area contributed by atoms with Gasteiger partial charge in [-0.2, -0.15) is 0 Å². The summed E-state index contributed by atoms with van der Waals surface area (Å²) < 4.78 is 10.3. The summed E-state index contributed by atoms with van der Waals surface area (Å²) in [5.41, 5.74) is 0. The molecule has 0 amide bonds.